The molecule has 0 radical (unpaired) electrons. The molecule has 62 valence electrons. The van der Waals surface area contributed by atoms with Crippen molar-refractivity contribution in [3.8, 4) is 17.2 Å². The second-order valence-corrected chi connectivity index (χ2v) is 3.44. The van der Waals surface area contributed by atoms with E-state index in [1.54, 1.807) is 0 Å². The molecule has 0 atom stereocenters. The van der Waals surface area contributed by atoms with Crippen molar-refractivity contribution in [1.29, 1.82) is 0 Å². The first-order chi connectivity index (χ1) is 5.15. The van der Waals surface area contributed by atoms with Crippen molar-refractivity contribution >= 4 is 0 Å². The van der Waals surface area contributed by atoms with E-state index >= 15 is 0 Å². The van der Waals surface area contributed by atoms with Crippen LogP contribution in [0.5, 0.6) is 17.2 Å². The fourth-order valence-electron chi connectivity index (χ4n) is 0.666. The van der Waals surface area contributed by atoms with Crippen LogP contribution >= 0.6 is 0 Å². The molecular weight excluding hydrogens is 263 g/mol. The summed E-state index contributed by atoms with van der Waals surface area (Å²) in [4.78, 5) is 0. The normalized spacial score (nSPS) is 10.3. The van der Waals surface area contributed by atoms with Crippen molar-refractivity contribution in [2.75, 3.05) is 0 Å². The monoisotopic (exact) mass is 269 g/mol. The number of hydrogen-bond donors (Lipinski definition) is 4. The van der Waals surface area contributed by atoms with Gasteiger partial charge in [0.05, 0.1) is 0 Å². The topological polar surface area (TPSA) is 80.9 Å². The molecular formula is C6H6IO4-. The molecule has 1 rings (SSSR count). The van der Waals surface area contributed by atoms with E-state index in [-0.39, 0.29) is 20.8 Å². The fourth-order valence-corrected chi connectivity index (χ4v) is 1.47. The quantitative estimate of drug-likeness (QED) is 0.409. The molecule has 0 aliphatic carbocycles. The summed E-state index contributed by atoms with van der Waals surface area (Å²) in [5.74, 6) is -0.753. The number of halogens is 1. The van der Waals surface area contributed by atoms with Gasteiger partial charge < -0.3 is 0 Å². The fraction of sp³-hybridized carbons (Fsp3) is 0. The molecule has 0 amide bonds. The Bertz CT molecular complexity index is 250. The number of phenolic OH excluding ortho intramolecular Hbond substituents is 3. The first-order valence-electron chi connectivity index (χ1n) is 2.68. The number of rotatable bonds is 1. The predicted octanol–water partition coefficient (Wildman–Crippen LogP) is -3.03. The van der Waals surface area contributed by atoms with Crippen LogP contribution in [0.15, 0.2) is 12.1 Å². The second-order valence-electron chi connectivity index (χ2n) is 1.88. The van der Waals surface area contributed by atoms with Crippen molar-refractivity contribution in [1.82, 2.24) is 0 Å². The Kier molecular flexibility index (Phi) is 2.40. The first-order valence-corrected chi connectivity index (χ1v) is 4.73. The number of phenols is 3. The maximum absolute atomic E-state index is 9.02. The van der Waals surface area contributed by atoms with E-state index in [2.05, 4.69) is 0 Å². The molecule has 0 aliphatic rings. The summed E-state index contributed by atoms with van der Waals surface area (Å²) >= 11 is -1.36. The van der Waals surface area contributed by atoms with Crippen LogP contribution in [0, 0.1) is 3.57 Å². The Morgan fingerprint density at radius 2 is 1.45 bits per heavy atom. The molecule has 0 aliphatic heterocycles. The van der Waals surface area contributed by atoms with Gasteiger partial charge in [-0.3, -0.25) is 0 Å². The summed E-state index contributed by atoms with van der Waals surface area (Å²) in [6, 6.07) is 2.15. The van der Waals surface area contributed by atoms with Gasteiger partial charge in [-0.1, -0.05) is 0 Å². The van der Waals surface area contributed by atoms with Gasteiger partial charge in [0.25, 0.3) is 0 Å². The zero-order chi connectivity index (χ0) is 8.43. The summed E-state index contributed by atoms with van der Waals surface area (Å²) in [5.41, 5.74) is 0. The van der Waals surface area contributed by atoms with Gasteiger partial charge in [0, 0.05) is 0 Å². The molecule has 0 heterocycles. The average molecular weight is 269 g/mol. The zero-order valence-electron chi connectivity index (χ0n) is 5.32. The van der Waals surface area contributed by atoms with Gasteiger partial charge in [-0.15, -0.1) is 0 Å². The van der Waals surface area contributed by atoms with E-state index in [4.69, 9.17) is 18.8 Å². The average Bonchev–Trinajstić information content (AvgIpc) is 1.85. The van der Waals surface area contributed by atoms with Crippen LogP contribution in [0.4, 0.5) is 0 Å². The van der Waals surface area contributed by atoms with Crippen molar-refractivity contribution < 1.29 is 40.4 Å². The molecule has 0 unspecified atom stereocenters. The third-order valence-electron chi connectivity index (χ3n) is 1.10. The molecule has 5 heteroatoms. The van der Waals surface area contributed by atoms with Gasteiger partial charge in [0.15, 0.2) is 0 Å². The third-order valence-corrected chi connectivity index (χ3v) is 2.69. The standard InChI is InChI=1S/C6H6IO4/c8-3-1-4(9)6(7-11)5(10)2-3/h1-2,8-11H/q-1. The molecule has 4 N–H and O–H groups in total. The summed E-state index contributed by atoms with van der Waals surface area (Å²) in [7, 11) is 0. The molecule has 1 aromatic rings. The predicted molar refractivity (Wildman–Crippen MR) is 32.4 cm³/mol. The van der Waals surface area contributed by atoms with E-state index in [1.807, 2.05) is 0 Å². The second kappa shape index (κ2) is 3.14. The van der Waals surface area contributed by atoms with Gasteiger partial charge in [-0.2, -0.15) is 0 Å². The summed E-state index contributed by atoms with van der Waals surface area (Å²) in [6.07, 6.45) is 0. The van der Waals surface area contributed by atoms with Crippen LogP contribution < -0.4 is 21.6 Å². The summed E-state index contributed by atoms with van der Waals surface area (Å²) in [6.45, 7) is 0. The third kappa shape index (κ3) is 1.66. The van der Waals surface area contributed by atoms with Crippen LogP contribution in [-0.2, 0) is 0 Å². The van der Waals surface area contributed by atoms with Gasteiger partial charge in [-0.25, -0.2) is 0 Å². The molecule has 0 spiro atoms. The van der Waals surface area contributed by atoms with Crippen LogP contribution in [-0.4, -0.2) is 18.8 Å². The first kappa shape index (κ1) is 8.41. The molecule has 0 saturated heterocycles. The molecule has 4 nitrogen and oxygen atoms in total. The van der Waals surface area contributed by atoms with E-state index in [1.165, 1.54) is 0 Å². The van der Waals surface area contributed by atoms with Crippen molar-refractivity contribution in [3.63, 3.8) is 0 Å². The van der Waals surface area contributed by atoms with E-state index in [0.29, 0.717) is 0 Å². The molecule has 0 saturated carbocycles. The number of aromatic hydroxyl groups is 3. The minimum atomic E-state index is -1.36. The minimum absolute atomic E-state index is 0.126. The Morgan fingerprint density at radius 1 is 1.00 bits per heavy atom. The molecule has 0 fully saturated rings. The van der Waals surface area contributed by atoms with E-state index < -0.39 is 21.6 Å². The Balaban J connectivity index is 3.25. The van der Waals surface area contributed by atoms with Crippen LogP contribution in [0.3, 0.4) is 0 Å². The van der Waals surface area contributed by atoms with Gasteiger partial charge in [-0.05, 0) is 0 Å². The van der Waals surface area contributed by atoms with Gasteiger partial charge >= 0.3 is 73.3 Å². The number of hydrogen-bond acceptors (Lipinski definition) is 4. The van der Waals surface area contributed by atoms with E-state index in [0.717, 1.165) is 12.1 Å². The van der Waals surface area contributed by atoms with Gasteiger partial charge in [0.1, 0.15) is 0 Å². The molecule has 11 heavy (non-hydrogen) atoms. The Hall–Kier alpha value is -0.690. The maximum atomic E-state index is 9.02. The summed E-state index contributed by atoms with van der Waals surface area (Å²) in [5, 5.41) is 26.9. The zero-order valence-corrected chi connectivity index (χ0v) is 7.48. The Morgan fingerprint density at radius 3 is 1.82 bits per heavy atom. The van der Waals surface area contributed by atoms with Crippen molar-refractivity contribution in [3.05, 3.63) is 15.7 Å². The SMILES string of the molecule is O[I-]c1c(O)cc(O)cc1O. The van der Waals surface area contributed by atoms with Crippen molar-refractivity contribution in [2.24, 2.45) is 0 Å². The van der Waals surface area contributed by atoms with E-state index in [9.17, 15) is 0 Å². The molecule has 0 aromatic heterocycles. The van der Waals surface area contributed by atoms with Crippen LogP contribution in [0.1, 0.15) is 0 Å². The Labute approximate surface area is 73.5 Å². The number of benzene rings is 1. The molecule has 1 aromatic carbocycles. The van der Waals surface area contributed by atoms with Crippen molar-refractivity contribution in [2.45, 2.75) is 0 Å². The van der Waals surface area contributed by atoms with Crippen LogP contribution in [0.25, 0.3) is 0 Å². The molecule has 0 bridgehead atoms. The van der Waals surface area contributed by atoms with Gasteiger partial charge in [0.2, 0.25) is 0 Å². The summed E-state index contributed by atoms with van der Waals surface area (Å²) < 4.78 is 8.83. The van der Waals surface area contributed by atoms with Crippen LogP contribution in [0.2, 0.25) is 0 Å².